The predicted molar refractivity (Wildman–Crippen MR) is 79.5 cm³/mol. The van der Waals surface area contributed by atoms with Gasteiger partial charge in [0.05, 0.1) is 11.4 Å². The lowest BCUT2D eigenvalue weighted by atomic mass is 10.2. The van der Waals surface area contributed by atoms with Crippen LogP contribution >= 0.6 is 0 Å². The van der Waals surface area contributed by atoms with E-state index >= 15 is 0 Å². The molecule has 1 aromatic carbocycles. The van der Waals surface area contributed by atoms with E-state index in [1.807, 2.05) is 0 Å². The second kappa shape index (κ2) is 6.89. The van der Waals surface area contributed by atoms with Crippen molar-refractivity contribution in [3.63, 3.8) is 0 Å². The van der Waals surface area contributed by atoms with Crippen molar-refractivity contribution in [2.75, 3.05) is 13.1 Å². The van der Waals surface area contributed by atoms with E-state index in [0.717, 1.165) is 24.3 Å². The first-order chi connectivity index (χ1) is 9.62. The molecule has 1 aliphatic carbocycles. The number of rotatable bonds is 6. The molecule has 3 N–H and O–H groups in total. The topological polar surface area (TPSA) is 72.2 Å². The summed E-state index contributed by atoms with van der Waals surface area (Å²) in [5.74, 6) is 6.43. The van der Waals surface area contributed by atoms with Crippen molar-refractivity contribution in [1.29, 1.82) is 0 Å². The summed E-state index contributed by atoms with van der Waals surface area (Å²) in [6.45, 7) is 0.802. The average Bonchev–Trinajstić information content (AvgIpc) is 3.26. The second-order valence-corrected chi connectivity index (χ2v) is 6.78. The molecule has 0 saturated heterocycles. The van der Waals surface area contributed by atoms with Crippen LogP contribution in [0.5, 0.6) is 0 Å². The minimum absolute atomic E-state index is 0.280. The Hall–Kier alpha value is -1.35. The molecule has 4 nitrogen and oxygen atoms in total. The highest BCUT2D eigenvalue weighted by molar-refractivity contribution is 7.89. The lowest BCUT2D eigenvalue weighted by Crippen LogP contribution is -2.24. The first-order valence-electron chi connectivity index (χ1n) is 6.90. The molecule has 2 rings (SSSR count). The zero-order valence-electron chi connectivity index (χ0n) is 11.4. The highest BCUT2D eigenvalue weighted by Crippen LogP contribution is 2.33. The van der Waals surface area contributed by atoms with Gasteiger partial charge in [0.2, 0.25) is 10.0 Å². The Balaban J connectivity index is 1.90. The summed E-state index contributed by atoms with van der Waals surface area (Å²) in [7, 11) is -3.40. The van der Waals surface area contributed by atoms with Gasteiger partial charge < -0.3 is 5.73 Å². The van der Waals surface area contributed by atoms with Gasteiger partial charge in [0.25, 0.3) is 0 Å². The highest BCUT2D eigenvalue weighted by atomic mass is 32.2. The molecule has 0 aromatic heterocycles. The third kappa shape index (κ3) is 4.64. The van der Waals surface area contributed by atoms with Crippen LogP contribution < -0.4 is 10.5 Å². The Morgan fingerprint density at radius 1 is 1.25 bits per heavy atom. The van der Waals surface area contributed by atoms with Gasteiger partial charge in [-0.05, 0) is 43.0 Å². The summed E-state index contributed by atoms with van der Waals surface area (Å²) in [4.78, 5) is 0.280. The SMILES string of the molecule is NCC#Cc1ccc(S(=O)(=O)NCCCC2CC2)cc1. The van der Waals surface area contributed by atoms with Crippen molar-refractivity contribution in [2.24, 2.45) is 11.7 Å². The second-order valence-electron chi connectivity index (χ2n) is 5.01. The summed E-state index contributed by atoms with van der Waals surface area (Å²) < 4.78 is 26.7. The Kier molecular flexibility index (Phi) is 5.18. The molecule has 20 heavy (non-hydrogen) atoms. The first kappa shape index (κ1) is 15.0. The summed E-state index contributed by atoms with van der Waals surface area (Å²) in [5, 5.41) is 0. The monoisotopic (exact) mass is 292 g/mol. The lowest BCUT2D eigenvalue weighted by Gasteiger charge is -2.06. The summed E-state index contributed by atoms with van der Waals surface area (Å²) >= 11 is 0. The molecule has 0 heterocycles. The molecular formula is C15H20N2O2S. The molecule has 0 unspecified atom stereocenters. The summed E-state index contributed by atoms with van der Waals surface area (Å²) in [6.07, 6.45) is 4.64. The standard InChI is InChI=1S/C15H20N2O2S/c16-11-1-3-13-7-9-15(10-8-13)20(18,19)17-12-2-4-14-5-6-14/h7-10,14,17H,2,4-6,11-12,16H2. The molecule has 1 saturated carbocycles. The lowest BCUT2D eigenvalue weighted by molar-refractivity contribution is 0.572. The van der Waals surface area contributed by atoms with E-state index < -0.39 is 10.0 Å². The van der Waals surface area contributed by atoms with Crippen LogP contribution in [0.2, 0.25) is 0 Å². The Morgan fingerprint density at radius 3 is 2.55 bits per heavy atom. The van der Waals surface area contributed by atoms with Gasteiger partial charge >= 0.3 is 0 Å². The molecule has 0 aliphatic heterocycles. The van der Waals surface area contributed by atoms with Crippen LogP contribution in [-0.4, -0.2) is 21.5 Å². The zero-order valence-corrected chi connectivity index (χ0v) is 12.2. The fourth-order valence-electron chi connectivity index (χ4n) is 1.96. The smallest absolute Gasteiger partial charge is 0.240 e. The van der Waals surface area contributed by atoms with Gasteiger partial charge in [0, 0.05) is 12.1 Å². The van der Waals surface area contributed by atoms with Crippen molar-refractivity contribution in [1.82, 2.24) is 4.72 Å². The average molecular weight is 292 g/mol. The van der Waals surface area contributed by atoms with Crippen LogP contribution in [-0.2, 0) is 10.0 Å². The maximum atomic E-state index is 12.1. The van der Waals surface area contributed by atoms with E-state index in [9.17, 15) is 8.42 Å². The normalized spacial score (nSPS) is 14.7. The van der Waals surface area contributed by atoms with Crippen molar-refractivity contribution in [3.05, 3.63) is 29.8 Å². The van der Waals surface area contributed by atoms with E-state index in [0.29, 0.717) is 13.1 Å². The van der Waals surface area contributed by atoms with Gasteiger partial charge in [-0.1, -0.05) is 24.7 Å². The molecule has 0 radical (unpaired) electrons. The van der Waals surface area contributed by atoms with E-state index in [1.54, 1.807) is 24.3 Å². The first-order valence-corrected chi connectivity index (χ1v) is 8.39. The summed E-state index contributed by atoms with van der Waals surface area (Å²) in [5.41, 5.74) is 6.06. The predicted octanol–water partition coefficient (Wildman–Crippen LogP) is 1.47. The molecule has 0 atom stereocenters. The molecule has 1 fully saturated rings. The molecule has 1 aliphatic rings. The van der Waals surface area contributed by atoms with Crippen molar-refractivity contribution < 1.29 is 8.42 Å². The van der Waals surface area contributed by atoms with E-state index in [-0.39, 0.29) is 4.90 Å². The molecule has 0 spiro atoms. The van der Waals surface area contributed by atoms with Crippen molar-refractivity contribution in [2.45, 2.75) is 30.6 Å². The van der Waals surface area contributed by atoms with Crippen LogP contribution in [0.15, 0.2) is 29.2 Å². The largest absolute Gasteiger partial charge is 0.320 e. The van der Waals surface area contributed by atoms with E-state index in [2.05, 4.69) is 16.6 Å². The van der Waals surface area contributed by atoms with Crippen molar-refractivity contribution in [3.8, 4) is 11.8 Å². The van der Waals surface area contributed by atoms with Crippen LogP contribution in [0.1, 0.15) is 31.2 Å². The molecule has 0 bridgehead atoms. The third-order valence-corrected chi connectivity index (χ3v) is 4.75. The molecule has 108 valence electrons. The number of nitrogens with two attached hydrogens (primary N) is 1. The zero-order chi connectivity index (χ0) is 14.4. The van der Waals surface area contributed by atoms with Crippen LogP contribution in [0.4, 0.5) is 0 Å². The van der Waals surface area contributed by atoms with Gasteiger partial charge in [0.1, 0.15) is 0 Å². The van der Waals surface area contributed by atoms with Gasteiger partial charge in [-0.3, -0.25) is 0 Å². The molecule has 0 amide bonds. The molecule has 5 heteroatoms. The van der Waals surface area contributed by atoms with Crippen LogP contribution in [0, 0.1) is 17.8 Å². The minimum atomic E-state index is -3.40. The van der Waals surface area contributed by atoms with E-state index in [4.69, 9.17) is 5.73 Å². The van der Waals surface area contributed by atoms with Gasteiger partial charge in [-0.15, -0.1) is 0 Å². The van der Waals surface area contributed by atoms with E-state index in [1.165, 1.54) is 12.8 Å². The Bertz CT molecular complexity index is 593. The van der Waals surface area contributed by atoms with Gasteiger partial charge in [0.15, 0.2) is 0 Å². The Morgan fingerprint density at radius 2 is 1.95 bits per heavy atom. The molecule has 1 aromatic rings. The fraction of sp³-hybridized carbons (Fsp3) is 0.467. The fourth-order valence-corrected chi connectivity index (χ4v) is 3.03. The quantitative estimate of drug-likeness (QED) is 0.616. The van der Waals surface area contributed by atoms with Crippen molar-refractivity contribution >= 4 is 10.0 Å². The number of sulfonamides is 1. The third-order valence-electron chi connectivity index (χ3n) is 3.28. The van der Waals surface area contributed by atoms with Gasteiger partial charge in [-0.25, -0.2) is 13.1 Å². The maximum absolute atomic E-state index is 12.1. The Labute approximate surface area is 120 Å². The highest BCUT2D eigenvalue weighted by Gasteiger charge is 2.20. The minimum Gasteiger partial charge on any atom is -0.320 e. The van der Waals surface area contributed by atoms with Gasteiger partial charge in [-0.2, -0.15) is 0 Å². The number of hydrogen-bond acceptors (Lipinski definition) is 3. The number of hydrogen-bond donors (Lipinski definition) is 2. The number of benzene rings is 1. The number of nitrogens with one attached hydrogen (secondary N) is 1. The van der Waals surface area contributed by atoms with Crippen LogP contribution in [0.25, 0.3) is 0 Å². The maximum Gasteiger partial charge on any atom is 0.240 e. The van der Waals surface area contributed by atoms with Crippen LogP contribution in [0.3, 0.4) is 0 Å². The molecular weight excluding hydrogens is 272 g/mol. The summed E-state index contributed by atoms with van der Waals surface area (Å²) in [6, 6.07) is 6.54.